The molecule has 1 aliphatic carbocycles. The maximum Gasteiger partial charge on any atom is 0.222 e. The summed E-state index contributed by atoms with van der Waals surface area (Å²) in [6.45, 7) is 6.94. The predicted molar refractivity (Wildman–Crippen MR) is 119 cm³/mol. The highest BCUT2D eigenvalue weighted by Gasteiger charge is 2.32. The van der Waals surface area contributed by atoms with E-state index in [1.54, 1.807) is 0 Å². The lowest BCUT2D eigenvalue weighted by atomic mass is 9.88. The Morgan fingerprint density at radius 3 is 2.72 bits per heavy atom. The van der Waals surface area contributed by atoms with Crippen LogP contribution in [0.5, 0.6) is 0 Å². The van der Waals surface area contributed by atoms with Crippen molar-refractivity contribution in [3.8, 4) is 6.07 Å². The van der Waals surface area contributed by atoms with E-state index in [1.807, 2.05) is 18.2 Å². The normalized spacial score (nSPS) is 21.0. The van der Waals surface area contributed by atoms with Crippen molar-refractivity contribution in [2.75, 3.05) is 24.5 Å². The zero-order valence-corrected chi connectivity index (χ0v) is 18.6. The van der Waals surface area contributed by atoms with Crippen LogP contribution in [0.2, 0.25) is 5.02 Å². The molecule has 2 atom stereocenters. The summed E-state index contributed by atoms with van der Waals surface area (Å²) in [6.07, 6.45) is 9.23. The van der Waals surface area contributed by atoms with E-state index in [1.165, 1.54) is 32.1 Å². The van der Waals surface area contributed by atoms with Gasteiger partial charge in [0.25, 0.3) is 0 Å². The van der Waals surface area contributed by atoms with Crippen LogP contribution in [-0.4, -0.2) is 36.5 Å². The molecule has 29 heavy (non-hydrogen) atoms. The van der Waals surface area contributed by atoms with Crippen LogP contribution < -0.4 is 4.90 Å². The van der Waals surface area contributed by atoms with Gasteiger partial charge in [-0.3, -0.25) is 4.79 Å². The maximum atomic E-state index is 12.7. The number of hydrogen-bond acceptors (Lipinski definition) is 3. The van der Waals surface area contributed by atoms with E-state index in [0.717, 1.165) is 38.2 Å². The molecule has 4 nitrogen and oxygen atoms in total. The second kappa shape index (κ2) is 10.3. The molecule has 158 valence electrons. The van der Waals surface area contributed by atoms with Crippen LogP contribution in [-0.2, 0) is 4.79 Å². The fourth-order valence-electron chi connectivity index (χ4n) is 4.68. The number of halogens is 1. The van der Waals surface area contributed by atoms with Gasteiger partial charge in [-0.15, -0.1) is 0 Å². The first-order valence-corrected chi connectivity index (χ1v) is 11.6. The Balaban J connectivity index is 1.75. The third kappa shape index (κ3) is 5.66. The van der Waals surface area contributed by atoms with Crippen LogP contribution in [0.3, 0.4) is 0 Å². The van der Waals surface area contributed by atoms with Crippen LogP contribution in [0.15, 0.2) is 18.2 Å². The molecule has 1 heterocycles. The molecular weight excluding hydrogens is 382 g/mol. The van der Waals surface area contributed by atoms with Crippen LogP contribution in [0, 0.1) is 23.2 Å². The molecule has 0 bridgehead atoms. The summed E-state index contributed by atoms with van der Waals surface area (Å²) in [5.41, 5.74) is 1.60. The van der Waals surface area contributed by atoms with Gasteiger partial charge >= 0.3 is 0 Å². The summed E-state index contributed by atoms with van der Waals surface area (Å²) in [5, 5.41) is 9.73. The zero-order valence-electron chi connectivity index (χ0n) is 17.9. The molecule has 0 aromatic heterocycles. The topological polar surface area (TPSA) is 47.3 Å². The number of amides is 1. The van der Waals surface area contributed by atoms with E-state index in [-0.39, 0.29) is 5.91 Å². The largest absolute Gasteiger partial charge is 0.366 e. The van der Waals surface area contributed by atoms with Crippen LogP contribution in [0.1, 0.15) is 70.8 Å². The Morgan fingerprint density at radius 1 is 1.31 bits per heavy atom. The highest BCUT2D eigenvalue weighted by atomic mass is 35.5. The molecular formula is C24H34ClN3O. The predicted octanol–water partition coefficient (Wildman–Crippen LogP) is 5.64. The van der Waals surface area contributed by atoms with Crippen molar-refractivity contribution < 1.29 is 4.79 Å². The molecule has 0 spiro atoms. The minimum atomic E-state index is 0.289. The quantitative estimate of drug-likeness (QED) is 0.579. The van der Waals surface area contributed by atoms with E-state index >= 15 is 0 Å². The van der Waals surface area contributed by atoms with Gasteiger partial charge in [-0.25, -0.2) is 0 Å². The minimum Gasteiger partial charge on any atom is -0.366 e. The van der Waals surface area contributed by atoms with Crippen molar-refractivity contribution in [3.63, 3.8) is 0 Å². The van der Waals surface area contributed by atoms with E-state index < -0.39 is 0 Å². The average Bonchev–Trinajstić information content (AvgIpc) is 3.22. The smallest absolute Gasteiger partial charge is 0.222 e. The second-order valence-corrected chi connectivity index (χ2v) is 9.34. The molecule has 3 rings (SSSR count). The van der Waals surface area contributed by atoms with Gasteiger partial charge in [0, 0.05) is 37.8 Å². The molecule has 1 aliphatic heterocycles. The molecule has 1 aromatic rings. The highest BCUT2D eigenvalue weighted by Crippen LogP contribution is 2.32. The maximum absolute atomic E-state index is 12.7. The lowest BCUT2D eigenvalue weighted by Crippen LogP contribution is -2.42. The second-order valence-electron chi connectivity index (χ2n) is 8.93. The summed E-state index contributed by atoms with van der Waals surface area (Å²) in [7, 11) is 0. The molecule has 0 radical (unpaired) electrons. The van der Waals surface area contributed by atoms with Crippen molar-refractivity contribution in [2.45, 2.75) is 71.3 Å². The van der Waals surface area contributed by atoms with Gasteiger partial charge in [0.15, 0.2) is 0 Å². The van der Waals surface area contributed by atoms with Gasteiger partial charge in [0.05, 0.1) is 10.6 Å². The Hall–Kier alpha value is -1.73. The van der Waals surface area contributed by atoms with Gasteiger partial charge in [-0.2, -0.15) is 5.26 Å². The zero-order chi connectivity index (χ0) is 20.8. The number of benzene rings is 1. The van der Waals surface area contributed by atoms with Gasteiger partial charge in [-0.05, 0) is 49.3 Å². The third-order valence-corrected chi connectivity index (χ3v) is 7.07. The molecule has 1 unspecified atom stereocenters. The van der Waals surface area contributed by atoms with Crippen molar-refractivity contribution in [1.82, 2.24) is 4.90 Å². The first-order chi connectivity index (χ1) is 14.0. The summed E-state index contributed by atoms with van der Waals surface area (Å²) in [5.74, 6) is 1.43. The number of hydrogen-bond donors (Lipinski definition) is 0. The molecule has 1 saturated carbocycles. The molecule has 1 aromatic carbocycles. The standard InChI is InChI=1S/C24H34ClN3O/c1-3-18(2)13-24(29)27-12-11-22(17-27)28(16-19-7-5-4-6-8-19)21-10-9-20(15-26)23(25)14-21/h9-10,14,18-19,22H,3-8,11-13,16-17H2,1-2H3/t18?,22-/m0/s1. The Morgan fingerprint density at radius 2 is 2.07 bits per heavy atom. The van der Waals surface area contributed by atoms with Gasteiger partial charge in [0.1, 0.15) is 6.07 Å². The highest BCUT2D eigenvalue weighted by molar-refractivity contribution is 6.32. The molecule has 1 saturated heterocycles. The van der Waals surface area contributed by atoms with E-state index in [4.69, 9.17) is 11.6 Å². The monoisotopic (exact) mass is 415 g/mol. The van der Waals surface area contributed by atoms with E-state index in [9.17, 15) is 10.1 Å². The summed E-state index contributed by atoms with van der Waals surface area (Å²) in [4.78, 5) is 17.2. The minimum absolute atomic E-state index is 0.289. The molecule has 2 fully saturated rings. The van der Waals surface area contributed by atoms with Gasteiger partial charge in [-0.1, -0.05) is 51.1 Å². The fraction of sp³-hybridized carbons (Fsp3) is 0.667. The van der Waals surface area contributed by atoms with Crippen LogP contribution >= 0.6 is 11.6 Å². The van der Waals surface area contributed by atoms with E-state index in [0.29, 0.717) is 34.9 Å². The summed E-state index contributed by atoms with van der Waals surface area (Å²) >= 11 is 6.36. The number of rotatable bonds is 7. The fourth-order valence-corrected chi connectivity index (χ4v) is 4.90. The van der Waals surface area contributed by atoms with Gasteiger partial charge < -0.3 is 9.80 Å². The Kier molecular flexibility index (Phi) is 7.84. The summed E-state index contributed by atoms with van der Waals surface area (Å²) < 4.78 is 0. The number of likely N-dealkylation sites (tertiary alicyclic amines) is 1. The SMILES string of the molecule is CCC(C)CC(=O)N1CC[C@H](N(CC2CCCCC2)c2ccc(C#N)c(Cl)c2)C1. The van der Waals surface area contributed by atoms with Crippen molar-refractivity contribution in [2.24, 2.45) is 11.8 Å². The van der Waals surface area contributed by atoms with Gasteiger partial charge in [0.2, 0.25) is 5.91 Å². The van der Waals surface area contributed by atoms with Crippen molar-refractivity contribution in [3.05, 3.63) is 28.8 Å². The van der Waals surface area contributed by atoms with Crippen LogP contribution in [0.4, 0.5) is 5.69 Å². The first kappa shape index (κ1) is 22.0. The Labute approximate surface area is 180 Å². The molecule has 1 amide bonds. The third-order valence-electron chi connectivity index (χ3n) is 6.76. The molecule has 2 aliphatic rings. The lowest BCUT2D eigenvalue weighted by Gasteiger charge is -2.36. The number of nitrogens with zero attached hydrogens (tertiary/aromatic N) is 3. The number of anilines is 1. The number of carbonyl (C=O) groups excluding carboxylic acids is 1. The molecule has 5 heteroatoms. The average molecular weight is 416 g/mol. The Bertz CT molecular complexity index is 738. The summed E-state index contributed by atoms with van der Waals surface area (Å²) in [6, 6.07) is 8.26. The van der Waals surface area contributed by atoms with E-state index in [2.05, 4.69) is 29.7 Å². The van der Waals surface area contributed by atoms with Crippen LogP contribution in [0.25, 0.3) is 0 Å². The number of carbonyl (C=O) groups is 1. The lowest BCUT2D eigenvalue weighted by molar-refractivity contribution is -0.131. The first-order valence-electron chi connectivity index (χ1n) is 11.3. The van der Waals surface area contributed by atoms with Crippen molar-refractivity contribution in [1.29, 1.82) is 5.26 Å². The molecule has 0 N–H and O–H groups in total. The number of nitriles is 1. The van der Waals surface area contributed by atoms with Crippen molar-refractivity contribution >= 4 is 23.2 Å².